The molecular formula is C27H36N4O2. The number of imidazole rings is 1. The first-order valence-corrected chi connectivity index (χ1v) is 12.5. The molecule has 1 aromatic carbocycles. The fraction of sp³-hybridized carbons (Fsp3) is 0.593. The summed E-state index contributed by atoms with van der Waals surface area (Å²) in [6, 6.07) is 8.48. The van der Waals surface area contributed by atoms with E-state index in [0.29, 0.717) is 31.5 Å². The molecule has 3 aliphatic rings. The van der Waals surface area contributed by atoms with Gasteiger partial charge in [0.15, 0.2) is 0 Å². The first kappa shape index (κ1) is 22.2. The zero-order valence-electron chi connectivity index (χ0n) is 20.2. The molecule has 2 atom stereocenters. The van der Waals surface area contributed by atoms with Crippen molar-refractivity contribution in [2.24, 2.45) is 11.3 Å². The molecule has 176 valence electrons. The average Bonchev–Trinajstić information content (AvgIpc) is 3.32. The Labute approximate surface area is 197 Å². The molecule has 3 heterocycles. The number of benzene rings is 1. The van der Waals surface area contributed by atoms with Crippen LogP contribution in [0.1, 0.15) is 68.3 Å². The molecule has 1 aromatic heterocycles. The topological polar surface area (TPSA) is 58.4 Å². The summed E-state index contributed by atoms with van der Waals surface area (Å²) >= 11 is 0. The molecule has 6 nitrogen and oxygen atoms in total. The fourth-order valence-electron chi connectivity index (χ4n) is 5.65. The van der Waals surface area contributed by atoms with E-state index < -0.39 is 5.41 Å². The number of piperidine rings is 1. The van der Waals surface area contributed by atoms with Crippen LogP contribution >= 0.6 is 0 Å². The highest BCUT2D eigenvalue weighted by Crippen LogP contribution is 2.49. The number of rotatable bonds is 6. The summed E-state index contributed by atoms with van der Waals surface area (Å²) in [6.45, 7) is 9.14. The Bertz CT molecular complexity index is 1020. The molecule has 3 fully saturated rings. The third kappa shape index (κ3) is 4.32. The molecular weight excluding hydrogens is 412 g/mol. The maximum absolute atomic E-state index is 14.0. The Morgan fingerprint density at radius 3 is 2.64 bits per heavy atom. The van der Waals surface area contributed by atoms with Crippen molar-refractivity contribution < 1.29 is 9.59 Å². The van der Waals surface area contributed by atoms with E-state index in [0.717, 1.165) is 37.2 Å². The van der Waals surface area contributed by atoms with Crippen molar-refractivity contribution in [3.63, 3.8) is 0 Å². The largest absolute Gasteiger partial charge is 0.342 e. The second-order valence-electron chi connectivity index (χ2n) is 10.8. The van der Waals surface area contributed by atoms with E-state index in [9.17, 15) is 9.59 Å². The molecule has 2 aromatic rings. The highest BCUT2D eigenvalue weighted by atomic mass is 16.2. The van der Waals surface area contributed by atoms with Crippen LogP contribution in [0.5, 0.6) is 0 Å². The Hall–Kier alpha value is -2.63. The minimum atomic E-state index is -0.549. The number of carbonyl (C=O) groups excluding carboxylic acids is 2. The van der Waals surface area contributed by atoms with E-state index in [4.69, 9.17) is 4.98 Å². The lowest BCUT2D eigenvalue weighted by Crippen LogP contribution is -2.53. The van der Waals surface area contributed by atoms with Crippen LogP contribution in [0.4, 0.5) is 0 Å². The first-order chi connectivity index (χ1) is 15.9. The number of likely N-dealkylation sites (tertiary alicyclic amines) is 2. The minimum Gasteiger partial charge on any atom is -0.342 e. The number of hydrogen-bond acceptors (Lipinski definition) is 3. The zero-order chi connectivity index (χ0) is 23.2. The Kier molecular flexibility index (Phi) is 5.79. The summed E-state index contributed by atoms with van der Waals surface area (Å²) in [5, 5.41) is 0. The number of carbonyl (C=O) groups is 2. The normalized spacial score (nSPS) is 25.5. The molecule has 33 heavy (non-hydrogen) atoms. The highest BCUT2D eigenvalue weighted by Gasteiger charge is 2.57. The molecule has 2 saturated heterocycles. The number of aromatic nitrogens is 2. The van der Waals surface area contributed by atoms with Gasteiger partial charge in [-0.25, -0.2) is 4.98 Å². The van der Waals surface area contributed by atoms with E-state index in [-0.39, 0.29) is 17.7 Å². The molecule has 0 bridgehead atoms. The number of nitrogens with zero attached hydrogens (tertiary/aromatic N) is 4. The van der Waals surface area contributed by atoms with Crippen molar-refractivity contribution in [3.05, 3.63) is 53.6 Å². The molecule has 2 aliphatic heterocycles. The number of aryl methyl sites for hydroxylation is 1. The van der Waals surface area contributed by atoms with Crippen molar-refractivity contribution in [2.45, 2.75) is 64.8 Å². The average molecular weight is 449 g/mol. The van der Waals surface area contributed by atoms with Crippen molar-refractivity contribution in [2.75, 3.05) is 26.2 Å². The monoisotopic (exact) mass is 448 g/mol. The molecule has 0 N–H and O–H groups in total. The van der Waals surface area contributed by atoms with Crippen LogP contribution in [0.25, 0.3) is 0 Å². The quantitative estimate of drug-likeness (QED) is 0.672. The molecule has 0 radical (unpaired) electrons. The van der Waals surface area contributed by atoms with Gasteiger partial charge in [-0.05, 0) is 57.9 Å². The van der Waals surface area contributed by atoms with E-state index in [2.05, 4.69) is 48.6 Å². The summed E-state index contributed by atoms with van der Waals surface area (Å²) in [7, 11) is 0. The molecule has 5 rings (SSSR count). The predicted octanol–water partition coefficient (Wildman–Crippen LogP) is 3.96. The molecule has 6 heteroatoms. The lowest BCUT2D eigenvalue weighted by Gasteiger charge is -2.42. The van der Waals surface area contributed by atoms with Crippen molar-refractivity contribution in [1.82, 2.24) is 19.4 Å². The third-order valence-electron chi connectivity index (χ3n) is 7.89. The van der Waals surface area contributed by atoms with Gasteiger partial charge in [0.2, 0.25) is 11.8 Å². The van der Waals surface area contributed by atoms with Gasteiger partial charge >= 0.3 is 0 Å². The lowest BCUT2D eigenvalue weighted by molar-refractivity contribution is -0.147. The second-order valence-corrected chi connectivity index (χ2v) is 10.8. The van der Waals surface area contributed by atoms with Gasteiger partial charge in [-0.1, -0.05) is 29.8 Å². The van der Waals surface area contributed by atoms with Gasteiger partial charge < -0.3 is 14.4 Å². The maximum Gasteiger partial charge on any atom is 0.231 e. The van der Waals surface area contributed by atoms with Gasteiger partial charge in [0.05, 0.1) is 23.9 Å². The highest BCUT2D eigenvalue weighted by molar-refractivity contribution is 5.88. The van der Waals surface area contributed by atoms with Crippen LogP contribution in [0.2, 0.25) is 0 Å². The molecule has 1 aliphatic carbocycles. The molecule has 1 saturated carbocycles. The summed E-state index contributed by atoms with van der Waals surface area (Å²) in [4.78, 5) is 36.1. The molecule has 2 amide bonds. The van der Waals surface area contributed by atoms with Crippen LogP contribution in [0.15, 0.2) is 36.8 Å². The third-order valence-corrected chi connectivity index (χ3v) is 7.89. The standard InChI is InChI=1S/C27H36N4O2/c1-19(2)31-16-24(28-18-31)23-15-30(25(32)13-21-7-5-20(3)6-8-21)17-27(23)11-4-12-29(26(27)33)14-22-9-10-22/h5-8,16,18-19,22-23H,4,9-15,17H2,1-3H3/t23-,27+/m0/s1. The fourth-order valence-corrected chi connectivity index (χ4v) is 5.65. The van der Waals surface area contributed by atoms with E-state index >= 15 is 0 Å². The van der Waals surface area contributed by atoms with Crippen LogP contribution in [0.3, 0.4) is 0 Å². The van der Waals surface area contributed by atoms with Gasteiger partial charge in [-0.15, -0.1) is 0 Å². The summed E-state index contributed by atoms with van der Waals surface area (Å²) in [5.41, 5.74) is 2.62. The Morgan fingerprint density at radius 1 is 1.21 bits per heavy atom. The van der Waals surface area contributed by atoms with Crippen LogP contribution in [-0.4, -0.2) is 57.3 Å². The van der Waals surface area contributed by atoms with Crippen molar-refractivity contribution in [3.8, 4) is 0 Å². The SMILES string of the molecule is Cc1ccc(CC(=O)N2C[C@@H](c3cn(C(C)C)cn3)[C@@]3(CCCN(CC4CC4)C3=O)C2)cc1. The number of hydrogen-bond donors (Lipinski definition) is 0. The first-order valence-electron chi connectivity index (χ1n) is 12.5. The van der Waals surface area contributed by atoms with Gasteiger partial charge in [0, 0.05) is 44.3 Å². The van der Waals surface area contributed by atoms with Gasteiger partial charge in [-0.2, -0.15) is 0 Å². The summed E-state index contributed by atoms with van der Waals surface area (Å²) in [6.07, 6.45) is 8.65. The van der Waals surface area contributed by atoms with Crippen molar-refractivity contribution in [1.29, 1.82) is 0 Å². The molecule has 0 unspecified atom stereocenters. The van der Waals surface area contributed by atoms with Gasteiger partial charge in [0.1, 0.15) is 0 Å². The Balaban J connectivity index is 1.43. The zero-order valence-corrected chi connectivity index (χ0v) is 20.2. The molecule has 1 spiro atoms. The predicted molar refractivity (Wildman–Crippen MR) is 128 cm³/mol. The van der Waals surface area contributed by atoms with Gasteiger partial charge in [-0.3, -0.25) is 9.59 Å². The Morgan fingerprint density at radius 2 is 1.97 bits per heavy atom. The van der Waals surface area contributed by atoms with Crippen molar-refractivity contribution >= 4 is 11.8 Å². The minimum absolute atomic E-state index is 0.0472. The van der Waals surface area contributed by atoms with Gasteiger partial charge in [0.25, 0.3) is 0 Å². The summed E-state index contributed by atoms with van der Waals surface area (Å²) in [5.74, 6) is 0.976. The lowest BCUT2D eigenvalue weighted by atomic mass is 9.70. The van der Waals surface area contributed by atoms with Crippen LogP contribution in [0, 0.1) is 18.3 Å². The smallest absolute Gasteiger partial charge is 0.231 e. The van der Waals surface area contributed by atoms with Crippen LogP contribution in [-0.2, 0) is 16.0 Å². The van der Waals surface area contributed by atoms with Crippen LogP contribution < -0.4 is 0 Å². The number of amides is 2. The second kappa shape index (κ2) is 8.62. The summed E-state index contributed by atoms with van der Waals surface area (Å²) < 4.78 is 2.11. The van der Waals surface area contributed by atoms with E-state index in [1.165, 1.54) is 18.4 Å². The van der Waals surface area contributed by atoms with E-state index in [1.54, 1.807) is 0 Å². The van der Waals surface area contributed by atoms with E-state index in [1.807, 2.05) is 23.4 Å². The maximum atomic E-state index is 14.0.